The van der Waals surface area contributed by atoms with Crippen molar-refractivity contribution in [1.29, 1.82) is 0 Å². The van der Waals surface area contributed by atoms with E-state index in [0.29, 0.717) is 5.82 Å². The number of para-hydroxylation sites is 3. The quantitative estimate of drug-likeness (QED) is 0.172. The molecule has 0 aliphatic rings. The molecule has 0 saturated heterocycles. The molecular weight excluding hydrogens is 681 g/mol. The summed E-state index contributed by atoms with van der Waals surface area (Å²) in [7, 11) is 0. The zero-order chi connectivity index (χ0) is 37.0. The van der Waals surface area contributed by atoms with Gasteiger partial charge >= 0.3 is 0 Å². The molecule has 0 N–H and O–H groups in total. The summed E-state index contributed by atoms with van der Waals surface area (Å²) in [6, 6.07) is 73.2. The van der Waals surface area contributed by atoms with Crippen LogP contribution in [0.15, 0.2) is 206 Å². The maximum absolute atomic E-state index is 5.43. The van der Waals surface area contributed by atoms with Crippen molar-refractivity contribution in [3.8, 4) is 56.4 Å². The Kier molecular flexibility index (Phi) is 7.46. The Hall–Kier alpha value is -7.56. The van der Waals surface area contributed by atoms with Gasteiger partial charge in [0.2, 0.25) is 0 Å². The number of hydrogen-bond acceptors (Lipinski definition) is 2. The zero-order valence-electron chi connectivity index (χ0n) is 30.4. The van der Waals surface area contributed by atoms with Gasteiger partial charge in [-0.3, -0.25) is 4.57 Å². The summed E-state index contributed by atoms with van der Waals surface area (Å²) in [5, 5.41) is 4.76. The molecule has 0 unspecified atom stereocenters. The lowest BCUT2D eigenvalue weighted by Crippen LogP contribution is -2.02. The first kappa shape index (κ1) is 31.9. The van der Waals surface area contributed by atoms with E-state index < -0.39 is 0 Å². The van der Waals surface area contributed by atoms with Gasteiger partial charge in [0.15, 0.2) is 5.82 Å². The van der Waals surface area contributed by atoms with Gasteiger partial charge in [-0.05, 0) is 70.8 Å². The third-order valence-corrected chi connectivity index (χ3v) is 10.9. The Morgan fingerprint density at radius 2 is 0.750 bits per heavy atom. The van der Waals surface area contributed by atoms with Crippen LogP contribution in [0, 0.1) is 0 Å². The topological polar surface area (TPSA) is 35.6 Å². The minimum atomic E-state index is 0.674. The van der Waals surface area contributed by atoms with Crippen LogP contribution in [0.4, 0.5) is 0 Å². The summed E-state index contributed by atoms with van der Waals surface area (Å²) < 4.78 is 4.71. The highest BCUT2D eigenvalue weighted by Crippen LogP contribution is 2.40. The smallest absolute Gasteiger partial charge is 0.162 e. The van der Waals surface area contributed by atoms with Gasteiger partial charge in [-0.1, -0.05) is 152 Å². The number of aromatic nitrogens is 4. The van der Waals surface area contributed by atoms with E-state index in [2.05, 4.69) is 215 Å². The van der Waals surface area contributed by atoms with E-state index in [1.54, 1.807) is 0 Å². The highest BCUT2D eigenvalue weighted by Gasteiger charge is 2.20. The van der Waals surface area contributed by atoms with Crippen LogP contribution in [0.1, 0.15) is 0 Å². The van der Waals surface area contributed by atoms with E-state index >= 15 is 0 Å². The van der Waals surface area contributed by atoms with Crippen molar-refractivity contribution in [2.75, 3.05) is 0 Å². The van der Waals surface area contributed by atoms with Crippen LogP contribution >= 0.6 is 0 Å². The molecule has 0 aliphatic heterocycles. The molecule has 56 heavy (non-hydrogen) atoms. The second-order valence-electron chi connectivity index (χ2n) is 14.3. The van der Waals surface area contributed by atoms with E-state index in [1.807, 2.05) is 0 Å². The van der Waals surface area contributed by atoms with Crippen molar-refractivity contribution in [2.45, 2.75) is 0 Å². The molecule has 0 amide bonds. The molecule has 0 saturated carbocycles. The lowest BCUT2D eigenvalue weighted by Gasteiger charge is -2.13. The number of rotatable bonds is 6. The van der Waals surface area contributed by atoms with Crippen molar-refractivity contribution in [3.63, 3.8) is 0 Å². The van der Waals surface area contributed by atoms with Gasteiger partial charge in [-0.25, -0.2) is 9.97 Å². The van der Waals surface area contributed by atoms with Crippen LogP contribution in [-0.2, 0) is 0 Å². The van der Waals surface area contributed by atoms with Crippen LogP contribution in [0.2, 0.25) is 0 Å². The third kappa shape index (κ3) is 5.31. The Morgan fingerprint density at radius 3 is 1.38 bits per heavy atom. The number of nitrogens with zero attached hydrogens (tertiary/aromatic N) is 4. The van der Waals surface area contributed by atoms with Crippen molar-refractivity contribution >= 4 is 43.6 Å². The Labute approximate surface area is 324 Å². The third-order valence-electron chi connectivity index (χ3n) is 10.9. The average Bonchev–Trinajstić information content (AvgIpc) is 3.78. The number of benzene rings is 8. The lowest BCUT2D eigenvalue weighted by molar-refractivity contribution is 1.05. The largest absolute Gasteiger partial charge is 0.309 e. The first-order chi connectivity index (χ1) is 27.8. The van der Waals surface area contributed by atoms with Gasteiger partial charge in [0.1, 0.15) is 5.82 Å². The zero-order valence-corrected chi connectivity index (χ0v) is 30.4. The standard InChI is InChI=1S/C52H34N4/c1-4-16-35(17-5-1)37-20-14-22-39(30-37)46-34-51(54-52(53-46)40-23-15-21-38(31-40)36-18-6-2-7-19-36)56-48-29-13-11-27-43(48)45-32-49-44(33-50(45)56)42-26-10-12-28-47(42)55(49)41-24-8-3-9-25-41/h1-34H. The summed E-state index contributed by atoms with van der Waals surface area (Å²) in [6.07, 6.45) is 0. The predicted octanol–water partition coefficient (Wildman–Crippen LogP) is 13.3. The molecule has 0 bridgehead atoms. The van der Waals surface area contributed by atoms with E-state index in [9.17, 15) is 0 Å². The SMILES string of the molecule is c1ccc(-c2cccc(-c3cc(-n4c5ccccc5c5cc6c(cc54)c4ccccc4n6-c4ccccc4)nc(-c4cccc(-c5ccccc5)c4)n3)c2)cc1. The fourth-order valence-corrected chi connectivity index (χ4v) is 8.32. The molecule has 11 aromatic rings. The second-order valence-corrected chi connectivity index (χ2v) is 14.3. The van der Waals surface area contributed by atoms with E-state index in [-0.39, 0.29) is 0 Å². The molecule has 0 fully saturated rings. The van der Waals surface area contributed by atoms with E-state index in [1.165, 1.54) is 38.1 Å². The molecule has 3 heterocycles. The number of fused-ring (bicyclic) bond motifs is 6. The number of hydrogen-bond donors (Lipinski definition) is 0. The molecule has 0 spiro atoms. The molecule has 0 atom stereocenters. The Balaban J connectivity index is 1.19. The fraction of sp³-hybridized carbons (Fsp3) is 0. The summed E-state index contributed by atoms with van der Waals surface area (Å²) in [5.74, 6) is 1.49. The maximum atomic E-state index is 5.43. The molecule has 8 aromatic carbocycles. The molecule has 262 valence electrons. The molecule has 4 heteroatoms. The van der Waals surface area contributed by atoms with Gasteiger partial charge in [0, 0.05) is 44.4 Å². The molecule has 0 aliphatic carbocycles. The second kappa shape index (κ2) is 13.1. The van der Waals surface area contributed by atoms with Gasteiger partial charge in [-0.2, -0.15) is 0 Å². The van der Waals surface area contributed by atoms with Crippen LogP contribution in [0.3, 0.4) is 0 Å². The summed E-state index contributed by atoms with van der Waals surface area (Å²) in [5.41, 5.74) is 13.1. The van der Waals surface area contributed by atoms with Crippen molar-refractivity contribution in [2.24, 2.45) is 0 Å². The van der Waals surface area contributed by atoms with Crippen LogP contribution < -0.4 is 0 Å². The molecule has 3 aromatic heterocycles. The van der Waals surface area contributed by atoms with Gasteiger partial charge in [-0.15, -0.1) is 0 Å². The van der Waals surface area contributed by atoms with Crippen LogP contribution in [0.5, 0.6) is 0 Å². The van der Waals surface area contributed by atoms with E-state index in [4.69, 9.17) is 9.97 Å². The minimum absolute atomic E-state index is 0.674. The molecule has 0 radical (unpaired) electrons. The predicted molar refractivity (Wildman–Crippen MR) is 232 cm³/mol. The van der Waals surface area contributed by atoms with Gasteiger partial charge in [0.05, 0.1) is 27.8 Å². The molecule has 4 nitrogen and oxygen atoms in total. The first-order valence-corrected chi connectivity index (χ1v) is 19.0. The van der Waals surface area contributed by atoms with Crippen molar-refractivity contribution in [1.82, 2.24) is 19.1 Å². The normalized spacial score (nSPS) is 11.6. The highest BCUT2D eigenvalue weighted by atomic mass is 15.1. The van der Waals surface area contributed by atoms with Gasteiger partial charge in [0.25, 0.3) is 0 Å². The summed E-state index contributed by atoms with van der Waals surface area (Å²) in [6.45, 7) is 0. The molecular formula is C52H34N4. The molecule has 11 rings (SSSR count). The maximum Gasteiger partial charge on any atom is 0.162 e. The minimum Gasteiger partial charge on any atom is -0.309 e. The van der Waals surface area contributed by atoms with Crippen LogP contribution in [-0.4, -0.2) is 19.1 Å². The Bertz CT molecular complexity index is 3130. The van der Waals surface area contributed by atoms with E-state index in [0.717, 1.165) is 56.0 Å². The highest BCUT2D eigenvalue weighted by molar-refractivity contribution is 6.19. The Morgan fingerprint density at radius 1 is 0.286 bits per heavy atom. The summed E-state index contributed by atoms with van der Waals surface area (Å²) in [4.78, 5) is 10.7. The van der Waals surface area contributed by atoms with Gasteiger partial charge < -0.3 is 4.57 Å². The lowest BCUT2D eigenvalue weighted by atomic mass is 10.0. The van der Waals surface area contributed by atoms with Crippen molar-refractivity contribution < 1.29 is 0 Å². The van der Waals surface area contributed by atoms with Crippen LogP contribution in [0.25, 0.3) is 100 Å². The fourth-order valence-electron chi connectivity index (χ4n) is 8.32. The van der Waals surface area contributed by atoms with Crippen molar-refractivity contribution in [3.05, 3.63) is 206 Å². The monoisotopic (exact) mass is 714 g/mol. The first-order valence-electron chi connectivity index (χ1n) is 19.0. The summed E-state index contributed by atoms with van der Waals surface area (Å²) >= 11 is 0. The average molecular weight is 715 g/mol.